The minimum atomic E-state index is 0.0710. The van der Waals surface area contributed by atoms with Gasteiger partial charge in [0.25, 0.3) is 0 Å². The molecule has 3 nitrogen and oxygen atoms in total. The third kappa shape index (κ3) is 3.22. The first-order valence-corrected chi connectivity index (χ1v) is 5.29. The second kappa shape index (κ2) is 5.73. The molecule has 15 heavy (non-hydrogen) atoms. The number of aliphatic hydroxyl groups excluding tert-OH is 1. The highest BCUT2D eigenvalue weighted by atomic mass is 35.5. The molecule has 0 saturated heterocycles. The van der Waals surface area contributed by atoms with E-state index in [0.717, 1.165) is 11.3 Å². The lowest BCUT2D eigenvalue weighted by Gasteiger charge is -2.11. The summed E-state index contributed by atoms with van der Waals surface area (Å²) in [6.45, 7) is 2.48. The number of anilines is 1. The predicted molar refractivity (Wildman–Crippen MR) is 64.1 cm³/mol. The van der Waals surface area contributed by atoms with E-state index in [1.807, 2.05) is 13.0 Å². The van der Waals surface area contributed by atoms with Crippen LogP contribution in [-0.2, 0) is 0 Å². The number of hydrogen-bond acceptors (Lipinski definition) is 3. The third-order valence-electron chi connectivity index (χ3n) is 2.09. The lowest BCUT2D eigenvalue weighted by molar-refractivity contribution is 0.311. The standard InChI is InChI=1S/C11H15ClN2O/c1-2-10(13)9-7-8(12)3-4-11(9)14-5-6-15/h3-4,7,13-15H,2,5-6H2,1H3. The quantitative estimate of drug-likeness (QED) is 0.676. The highest BCUT2D eigenvalue weighted by Crippen LogP contribution is 2.21. The van der Waals surface area contributed by atoms with Crippen LogP contribution < -0.4 is 5.32 Å². The summed E-state index contributed by atoms with van der Waals surface area (Å²) in [5.41, 5.74) is 2.19. The molecule has 4 heteroatoms. The Balaban J connectivity index is 2.97. The molecule has 0 radical (unpaired) electrons. The van der Waals surface area contributed by atoms with Gasteiger partial charge in [0.1, 0.15) is 0 Å². The van der Waals surface area contributed by atoms with E-state index < -0.39 is 0 Å². The molecule has 0 fully saturated rings. The van der Waals surface area contributed by atoms with Crippen LogP contribution in [0.25, 0.3) is 0 Å². The number of aliphatic hydroxyl groups is 1. The Morgan fingerprint density at radius 2 is 2.27 bits per heavy atom. The second-order valence-electron chi connectivity index (χ2n) is 3.17. The second-order valence-corrected chi connectivity index (χ2v) is 3.61. The summed E-state index contributed by atoms with van der Waals surface area (Å²) in [6, 6.07) is 5.37. The molecule has 0 amide bonds. The van der Waals surface area contributed by atoms with E-state index in [0.29, 0.717) is 23.7 Å². The van der Waals surface area contributed by atoms with Gasteiger partial charge in [-0.1, -0.05) is 18.5 Å². The average Bonchev–Trinajstić information content (AvgIpc) is 2.26. The summed E-state index contributed by atoms with van der Waals surface area (Å²) in [5, 5.41) is 20.2. The highest BCUT2D eigenvalue weighted by Gasteiger charge is 2.06. The Hall–Kier alpha value is -1.06. The smallest absolute Gasteiger partial charge is 0.0604 e. The van der Waals surface area contributed by atoms with Crippen LogP contribution in [0.4, 0.5) is 5.69 Å². The molecule has 82 valence electrons. The van der Waals surface area contributed by atoms with E-state index in [1.165, 1.54) is 0 Å². The van der Waals surface area contributed by atoms with Crippen LogP contribution in [0.3, 0.4) is 0 Å². The molecule has 0 bridgehead atoms. The van der Waals surface area contributed by atoms with E-state index >= 15 is 0 Å². The van der Waals surface area contributed by atoms with Crippen LogP contribution in [0.15, 0.2) is 18.2 Å². The summed E-state index contributed by atoms with van der Waals surface area (Å²) >= 11 is 5.88. The highest BCUT2D eigenvalue weighted by molar-refractivity contribution is 6.31. The number of benzene rings is 1. The SMILES string of the molecule is CCC(=N)c1cc(Cl)ccc1NCCO. The van der Waals surface area contributed by atoms with E-state index in [4.69, 9.17) is 22.1 Å². The van der Waals surface area contributed by atoms with Gasteiger partial charge in [-0.05, 0) is 24.6 Å². The fraction of sp³-hybridized carbons (Fsp3) is 0.364. The Kier molecular flexibility index (Phi) is 4.59. The van der Waals surface area contributed by atoms with Crippen molar-refractivity contribution in [2.75, 3.05) is 18.5 Å². The fourth-order valence-electron chi connectivity index (χ4n) is 1.30. The van der Waals surface area contributed by atoms with Crippen molar-refractivity contribution in [2.45, 2.75) is 13.3 Å². The van der Waals surface area contributed by atoms with Crippen LogP contribution in [0.1, 0.15) is 18.9 Å². The van der Waals surface area contributed by atoms with E-state index in [-0.39, 0.29) is 6.61 Å². The van der Waals surface area contributed by atoms with Gasteiger partial charge in [0.2, 0.25) is 0 Å². The maximum Gasteiger partial charge on any atom is 0.0604 e. The third-order valence-corrected chi connectivity index (χ3v) is 2.32. The number of halogens is 1. The zero-order chi connectivity index (χ0) is 11.3. The first-order chi connectivity index (χ1) is 7.19. The molecule has 1 aromatic carbocycles. The maximum absolute atomic E-state index is 8.73. The van der Waals surface area contributed by atoms with E-state index in [2.05, 4.69) is 5.32 Å². The molecule has 1 aromatic rings. The minimum absolute atomic E-state index is 0.0710. The number of rotatable bonds is 5. The molecule has 1 rings (SSSR count). The Labute approximate surface area is 94.6 Å². The molecule has 0 atom stereocenters. The lowest BCUT2D eigenvalue weighted by atomic mass is 10.1. The molecule has 0 aliphatic heterocycles. The van der Waals surface area contributed by atoms with Crippen molar-refractivity contribution in [3.63, 3.8) is 0 Å². The maximum atomic E-state index is 8.73. The van der Waals surface area contributed by atoms with Crippen molar-refractivity contribution in [3.05, 3.63) is 28.8 Å². The summed E-state index contributed by atoms with van der Waals surface area (Å²) in [5.74, 6) is 0. The zero-order valence-corrected chi connectivity index (χ0v) is 9.43. The lowest BCUT2D eigenvalue weighted by Crippen LogP contribution is -2.10. The number of nitrogens with one attached hydrogen (secondary N) is 2. The Morgan fingerprint density at radius 1 is 1.53 bits per heavy atom. The van der Waals surface area contributed by atoms with Gasteiger partial charge in [-0.2, -0.15) is 0 Å². The minimum Gasteiger partial charge on any atom is -0.395 e. The van der Waals surface area contributed by atoms with E-state index in [9.17, 15) is 0 Å². The summed E-state index contributed by atoms with van der Waals surface area (Å²) in [7, 11) is 0. The van der Waals surface area contributed by atoms with Gasteiger partial charge in [0.15, 0.2) is 0 Å². The summed E-state index contributed by atoms with van der Waals surface area (Å²) in [6.07, 6.45) is 0.661. The van der Waals surface area contributed by atoms with Gasteiger partial charge in [-0.25, -0.2) is 0 Å². The van der Waals surface area contributed by atoms with Crippen LogP contribution >= 0.6 is 11.6 Å². The molecular weight excluding hydrogens is 212 g/mol. The summed E-state index contributed by atoms with van der Waals surface area (Å²) < 4.78 is 0. The van der Waals surface area contributed by atoms with E-state index in [1.54, 1.807) is 12.1 Å². The molecular formula is C11H15ClN2O. The van der Waals surface area contributed by atoms with Crippen LogP contribution in [0.2, 0.25) is 5.02 Å². The van der Waals surface area contributed by atoms with Gasteiger partial charge in [-0.15, -0.1) is 0 Å². The predicted octanol–water partition coefficient (Wildman–Crippen LogP) is 2.52. The van der Waals surface area contributed by atoms with Gasteiger partial charge in [-0.3, -0.25) is 0 Å². The topological polar surface area (TPSA) is 56.1 Å². The van der Waals surface area contributed by atoms with Crippen molar-refractivity contribution in [1.82, 2.24) is 0 Å². The van der Waals surface area contributed by atoms with Crippen LogP contribution in [0.5, 0.6) is 0 Å². The van der Waals surface area contributed by atoms with Crippen molar-refractivity contribution >= 4 is 23.0 Å². The molecule has 0 heterocycles. The first kappa shape index (κ1) is 12.0. The average molecular weight is 227 g/mol. The van der Waals surface area contributed by atoms with Gasteiger partial charge in [0.05, 0.1) is 6.61 Å². The Bertz CT molecular complexity index is 352. The molecule has 0 spiro atoms. The molecule has 0 unspecified atom stereocenters. The molecule has 0 saturated carbocycles. The Morgan fingerprint density at radius 3 is 2.87 bits per heavy atom. The van der Waals surface area contributed by atoms with Crippen molar-refractivity contribution < 1.29 is 5.11 Å². The first-order valence-electron chi connectivity index (χ1n) is 4.91. The normalized spacial score (nSPS) is 10.1. The molecule has 0 aromatic heterocycles. The number of hydrogen-bond donors (Lipinski definition) is 3. The fourth-order valence-corrected chi connectivity index (χ4v) is 1.47. The van der Waals surface area contributed by atoms with Crippen LogP contribution in [-0.4, -0.2) is 24.0 Å². The zero-order valence-electron chi connectivity index (χ0n) is 8.68. The summed E-state index contributed by atoms with van der Waals surface area (Å²) in [4.78, 5) is 0. The molecule has 0 aliphatic rings. The molecule has 0 aliphatic carbocycles. The van der Waals surface area contributed by atoms with Crippen molar-refractivity contribution in [3.8, 4) is 0 Å². The monoisotopic (exact) mass is 226 g/mol. The van der Waals surface area contributed by atoms with Crippen molar-refractivity contribution in [1.29, 1.82) is 5.41 Å². The van der Waals surface area contributed by atoms with Gasteiger partial charge in [0, 0.05) is 28.5 Å². The largest absolute Gasteiger partial charge is 0.395 e. The van der Waals surface area contributed by atoms with Crippen LogP contribution in [0, 0.1) is 5.41 Å². The van der Waals surface area contributed by atoms with Gasteiger partial charge >= 0.3 is 0 Å². The molecule has 3 N–H and O–H groups in total. The van der Waals surface area contributed by atoms with Crippen molar-refractivity contribution in [2.24, 2.45) is 0 Å². The van der Waals surface area contributed by atoms with Gasteiger partial charge < -0.3 is 15.8 Å².